The molecule has 6 heteroatoms. The van der Waals surface area contributed by atoms with Crippen molar-refractivity contribution < 1.29 is 14.2 Å². The maximum absolute atomic E-state index is 13.3. The highest BCUT2D eigenvalue weighted by Crippen LogP contribution is 2.26. The number of phenols is 1. The van der Waals surface area contributed by atoms with Gasteiger partial charge in [-0.2, -0.15) is 0 Å². The van der Waals surface area contributed by atoms with Crippen LogP contribution in [0.4, 0.5) is 10.2 Å². The molecule has 0 spiro atoms. The number of benzene rings is 1. The topological polar surface area (TPSA) is 81.3 Å². The predicted molar refractivity (Wildman–Crippen MR) is 66.9 cm³/mol. The van der Waals surface area contributed by atoms with Gasteiger partial charge in [-0.05, 0) is 18.2 Å². The predicted octanol–water partition coefficient (Wildman–Crippen LogP) is 1.64. The van der Waals surface area contributed by atoms with Crippen molar-refractivity contribution >= 4 is 5.82 Å². The highest BCUT2D eigenvalue weighted by atomic mass is 19.1. The molecule has 0 atom stereocenters. The Labute approximate surface area is 108 Å². The fourth-order valence-corrected chi connectivity index (χ4v) is 2.03. The van der Waals surface area contributed by atoms with Gasteiger partial charge in [0, 0.05) is 17.5 Å². The molecule has 0 aliphatic carbocycles. The number of anilines is 1. The first-order valence-corrected chi connectivity index (χ1v) is 5.87. The number of nitrogens with zero attached hydrogens (tertiary/aromatic N) is 2. The van der Waals surface area contributed by atoms with Crippen molar-refractivity contribution in [3.63, 3.8) is 0 Å². The fourth-order valence-electron chi connectivity index (χ4n) is 2.03. The average Bonchev–Trinajstić information content (AvgIpc) is 2.42. The van der Waals surface area contributed by atoms with Crippen molar-refractivity contribution in [3.05, 3.63) is 35.3 Å². The van der Waals surface area contributed by atoms with Crippen LogP contribution in [0.1, 0.15) is 11.3 Å². The Balaban J connectivity index is 2.10. The molecule has 2 aromatic rings. The summed E-state index contributed by atoms with van der Waals surface area (Å²) < 4.78 is 18.7. The summed E-state index contributed by atoms with van der Waals surface area (Å²) in [6.45, 7) is 0.998. The summed E-state index contributed by atoms with van der Waals surface area (Å²) in [5.74, 6) is -0.394. The molecule has 0 radical (unpaired) electrons. The summed E-state index contributed by atoms with van der Waals surface area (Å²) in [6.07, 6.45) is 0.662. The molecule has 0 unspecified atom stereocenters. The number of nitrogens with two attached hydrogens (primary N) is 1. The zero-order chi connectivity index (χ0) is 13.4. The molecule has 5 nitrogen and oxygen atoms in total. The van der Waals surface area contributed by atoms with E-state index in [-0.39, 0.29) is 0 Å². The van der Waals surface area contributed by atoms with Gasteiger partial charge < -0.3 is 15.6 Å². The molecular formula is C13H12FN3O2. The van der Waals surface area contributed by atoms with Gasteiger partial charge in [0.1, 0.15) is 5.82 Å². The summed E-state index contributed by atoms with van der Waals surface area (Å²) in [4.78, 5) is 8.56. The first-order chi connectivity index (χ1) is 9.15. The largest absolute Gasteiger partial charge is 0.505 e. The summed E-state index contributed by atoms with van der Waals surface area (Å²) in [6, 6.07) is 4.02. The number of aromatic hydroxyl groups is 1. The van der Waals surface area contributed by atoms with Gasteiger partial charge in [0.05, 0.1) is 18.9 Å². The zero-order valence-electron chi connectivity index (χ0n) is 10.1. The number of nitrogen functional groups attached to an aromatic ring is 1. The highest BCUT2D eigenvalue weighted by molar-refractivity contribution is 5.60. The van der Waals surface area contributed by atoms with E-state index in [1.54, 1.807) is 6.07 Å². The quantitative estimate of drug-likeness (QED) is 0.815. The fraction of sp³-hybridized carbons (Fsp3) is 0.231. The van der Waals surface area contributed by atoms with E-state index in [0.717, 1.165) is 11.3 Å². The number of hydrogen-bond donors (Lipinski definition) is 2. The molecule has 1 aliphatic heterocycles. The van der Waals surface area contributed by atoms with Gasteiger partial charge in [0.2, 0.25) is 0 Å². The van der Waals surface area contributed by atoms with Crippen molar-refractivity contribution in [2.75, 3.05) is 12.3 Å². The number of rotatable bonds is 1. The first-order valence-electron chi connectivity index (χ1n) is 5.87. The SMILES string of the molecule is Nc1nc(-c2ccc(O)c(F)c2)nc2c1COCC2. The standard InChI is InChI=1S/C13H12FN3O2/c14-9-5-7(1-2-11(9)18)13-16-10-3-4-19-6-8(10)12(15)17-13/h1-2,5,18H,3-4,6H2,(H2,15,16,17). The second-order valence-corrected chi connectivity index (χ2v) is 4.33. The highest BCUT2D eigenvalue weighted by Gasteiger charge is 2.17. The first kappa shape index (κ1) is 11.9. The average molecular weight is 261 g/mol. The summed E-state index contributed by atoms with van der Waals surface area (Å²) in [5.41, 5.74) is 7.99. The van der Waals surface area contributed by atoms with Crippen LogP contribution < -0.4 is 5.73 Å². The van der Waals surface area contributed by atoms with Gasteiger partial charge in [-0.3, -0.25) is 0 Å². The minimum atomic E-state index is -0.708. The van der Waals surface area contributed by atoms with E-state index in [1.807, 2.05) is 0 Å². The molecule has 19 heavy (non-hydrogen) atoms. The molecule has 1 aromatic carbocycles. The van der Waals surface area contributed by atoms with Crippen molar-refractivity contribution in [1.29, 1.82) is 0 Å². The lowest BCUT2D eigenvalue weighted by atomic mass is 10.1. The van der Waals surface area contributed by atoms with Gasteiger partial charge in [0.25, 0.3) is 0 Å². The van der Waals surface area contributed by atoms with Crippen LogP contribution in [-0.4, -0.2) is 21.7 Å². The van der Waals surface area contributed by atoms with E-state index in [9.17, 15) is 9.50 Å². The molecular weight excluding hydrogens is 249 g/mol. The van der Waals surface area contributed by atoms with Crippen LogP contribution in [0.2, 0.25) is 0 Å². The smallest absolute Gasteiger partial charge is 0.165 e. The minimum absolute atomic E-state index is 0.355. The zero-order valence-corrected chi connectivity index (χ0v) is 10.1. The van der Waals surface area contributed by atoms with Crippen molar-refractivity contribution in [2.24, 2.45) is 0 Å². The molecule has 0 amide bonds. The normalized spacial score (nSPS) is 14.2. The molecule has 98 valence electrons. The molecule has 0 bridgehead atoms. The number of fused-ring (bicyclic) bond motifs is 1. The summed E-state index contributed by atoms with van der Waals surface area (Å²) in [7, 11) is 0. The third-order valence-electron chi connectivity index (χ3n) is 3.06. The van der Waals surface area contributed by atoms with Crippen LogP contribution in [0, 0.1) is 5.82 Å². The molecule has 2 heterocycles. The van der Waals surface area contributed by atoms with Crippen LogP contribution in [0.15, 0.2) is 18.2 Å². The summed E-state index contributed by atoms with van der Waals surface area (Å²) >= 11 is 0. The molecule has 0 saturated carbocycles. The number of halogens is 1. The molecule has 3 rings (SSSR count). The summed E-state index contributed by atoms with van der Waals surface area (Å²) in [5, 5.41) is 9.18. The van der Waals surface area contributed by atoms with Gasteiger partial charge in [-0.15, -0.1) is 0 Å². The van der Waals surface area contributed by atoms with Crippen molar-refractivity contribution in [2.45, 2.75) is 13.0 Å². The Hall–Kier alpha value is -2.21. The van der Waals surface area contributed by atoms with Crippen LogP contribution in [0.5, 0.6) is 5.75 Å². The Morgan fingerprint density at radius 3 is 2.95 bits per heavy atom. The Bertz CT molecular complexity index is 646. The van der Waals surface area contributed by atoms with Crippen LogP contribution >= 0.6 is 0 Å². The van der Waals surface area contributed by atoms with Crippen molar-refractivity contribution in [3.8, 4) is 17.1 Å². The van der Waals surface area contributed by atoms with Crippen LogP contribution in [-0.2, 0) is 17.8 Å². The van der Waals surface area contributed by atoms with E-state index >= 15 is 0 Å². The van der Waals surface area contributed by atoms with Crippen molar-refractivity contribution in [1.82, 2.24) is 9.97 Å². The van der Waals surface area contributed by atoms with Gasteiger partial charge in [-0.25, -0.2) is 14.4 Å². The second-order valence-electron chi connectivity index (χ2n) is 4.33. The number of phenolic OH excluding ortho intramolecular Hbond substituents is 1. The Morgan fingerprint density at radius 1 is 1.32 bits per heavy atom. The molecule has 1 aliphatic rings. The maximum atomic E-state index is 13.3. The monoisotopic (exact) mass is 261 g/mol. The third kappa shape index (κ3) is 2.10. The van der Waals surface area contributed by atoms with Crippen LogP contribution in [0.3, 0.4) is 0 Å². The number of hydrogen-bond acceptors (Lipinski definition) is 5. The third-order valence-corrected chi connectivity index (χ3v) is 3.06. The molecule has 3 N–H and O–H groups in total. The molecule has 0 fully saturated rings. The van der Waals surface area contributed by atoms with Gasteiger partial charge >= 0.3 is 0 Å². The van der Waals surface area contributed by atoms with Gasteiger partial charge in [0.15, 0.2) is 17.4 Å². The second kappa shape index (κ2) is 4.47. The molecule has 1 aromatic heterocycles. The van der Waals surface area contributed by atoms with E-state index in [0.29, 0.717) is 36.8 Å². The lowest BCUT2D eigenvalue weighted by Crippen LogP contribution is -2.16. The molecule has 0 saturated heterocycles. The van der Waals surface area contributed by atoms with E-state index < -0.39 is 11.6 Å². The van der Waals surface area contributed by atoms with E-state index in [1.165, 1.54) is 12.1 Å². The van der Waals surface area contributed by atoms with E-state index in [2.05, 4.69) is 9.97 Å². The van der Waals surface area contributed by atoms with Crippen LogP contribution in [0.25, 0.3) is 11.4 Å². The lowest BCUT2D eigenvalue weighted by Gasteiger charge is -2.17. The Morgan fingerprint density at radius 2 is 2.16 bits per heavy atom. The minimum Gasteiger partial charge on any atom is -0.505 e. The Kier molecular flexibility index (Phi) is 2.79. The van der Waals surface area contributed by atoms with E-state index in [4.69, 9.17) is 10.5 Å². The van der Waals surface area contributed by atoms with Gasteiger partial charge in [-0.1, -0.05) is 0 Å². The lowest BCUT2D eigenvalue weighted by molar-refractivity contribution is 0.109. The number of aromatic nitrogens is 2. The maximum Gasteiger partial charge on any atom is 0.165 e. The number of ether oxygens (including phenoxy) is 1.